The molecule has 0 spiro atoms. The van der Waals surface area contributed by atoms with Gasteiger partial charge in [-0.05, 0) is 26.7 Å². The SMILES string of the molecule is CCC(C)C(=O)[P+](C(=O)O)(C(=O)O)C(=O)NPNC(C)(C)CC. The zero-order valence-corrected chi connectivity index (χ0v) is 15.9. The second kappa shape index (κ2) is 8.67. The molecule has 0 fully saturated rings. The molecule has 0 aliphatic rings. The highest BCUT2D eigenvalue weighted by Crippen LogP contribution is 2.63. The van der Waals surface area contributed by atoms with E-state index in [1.54, 1.807) is 6.92 Å². The molecule has 0 rings (SSSR count). The maximum atomic E-state index is 12.3. The summed E-state index contributed by atoms with van der Waals surface area (Å²) >= 11 is 0. The van der Waals surface area contributed by atoms with Crippen LogP contribution in [-0.2, 0) is 4.79 Å². The molecule has 4 N–H and O–H groups in total. The molecule has 0 bridgehead atoms. The van der Waals surface area contributed by atoms with E-state index >= 15 is 0 Å². The number of nitrogens with one attached hydrogen (secondary N) is 2. The van der Waals surface area contributed by atoms with Crippen LogP contribution >= 0.6 is 16.1 Å². The maximum Gasteiger partial charge on any atom is 0.480 e. The maximum absolute atomic E-state index is 12.3. The highest BCUT2D eigenvalue weighted by Gasteiger charge is 2.72. The Morgan fingerprint density at radius 3 is 1.96 bits per heavy atom. The lowest BCUT2D eigenvalue weighted by Crippen LogP contribution is -2.38. The fourth-order valence-corrected chi connectivity index (χ4v) is 4.93. The monoisotopic (exact) mass is 367 g/mol. The van der Waals surface area contributed by atoms with Crippen molar-refractivity contribution >= 4 is 38.7 Å². The summed E-state index contributed by atoms with van der Waals surface area (Å²) < 4.78 is 0. The normalized spacial score (nSPS) is 13.8. The minimum absolute atomic E-state index is 0.262. The van der Waals surface area contributed by atoms with Gasteiger partial charge in [0, 0.05) is 5.54 Å². The molecule has 0 aromatic rings. The molecule has 0 aliphatic carbocycles. The molecule has 2 atom stereocenters. The molecule has 0 saturated carbocycles. The summed E-state index contributed by atoms with van der Waals surface area (Å²) in [6.07, 6.45) is 1.01. The molecule has 0 aromatic heterocycles. The predicted molar refractivity (Wildman–Crippen MR) is 91.8 cm³/mol. The molecule has 1 amide bonds. The molecule has 23 heavy (non-hydrogen) atoms. The van der Waals surface area contributed by atoms with Crippen molar-refractivity contribution in [2.24, 2.45) is 5.92 Å². The first-order valence-electron chi connectivity index (χ1n) is 7.20. The van der Waals surface area contributed by atoms with Crippen LogP contribution in [0.25, 0.3) is 0 Å². The standard InChI is InChI=1S/C13H24N2O6P2/c1-6-8(3)9(16)23(11(18)19,12(20)21)10(17)14-22-15-13(4,5)7-2/h8,15,22H,6-7H2,1-5H3,(H2-,14,17,18,19,20,21)/p+1. The molecule has 0 saturated heterocycles. The summed E-state index contributed by atoms with van der Waals surface area (Å²) in [7, 11) is -4.96. The highest BCUT2D eigenvalue weighted by molar-refractivity contribution is 8.25. The van der Waals surface area contributed by atoms with Crippen molar-refractivity contribution in [1.29, 1.82) is 0 Å². The number of carbonyl (C=O) groups is 4. The van der Waals surface area contributed by atoms with Crippen molar-refractivity contribution in [3.63, 3.8) is 0 Å². The number of hydrogen-bond acceptors (Lipinski definition) is 5. The first-order chi connectivity index (χ1) is 10.5. The van der Waals surface area contributed by atoms with Crippen LogP contribution in [0.4, 0.5) is 14.4 Å². The summed E-state index contributed by atoms with van der Waals surface area (Å²) in [6.45, 7) is 8.75. The number of hydrogen-bond donors (Lipinski definition) is 4. The third-order valence-corrected chi connectivity index (χ3v) is 8.03. The summed E-state index contributed by atoms with van der Waals surface area (Å²) in [4.78, 5) is 47.8. The third kappa shape index (κ3) is 4.93. The van der Waals surface area contributed by atoms with E-state index in [9.17, 15) is 29.4 Å². The zero-order valence-electron chi connectivity index (χ0n) is 14.0. The van der Waals surface area contributed by atoms with Crippen molar-refractivity contribution in [2.75, 3.05) is 0 Å². The fraction of sp³-hybridized carbons (Fsp3) is 0.692. The van der Waals surface area contributed by atoms with Gasteiger partial charge in [-0.15, -0.1) is 0 Å². The lowest BCUT2D eigenvalue weighted by molar-refractivity contribution is -0.114. The first kappa shape index (κ1) is 21.9. The van der Waals surface area contributed by atoms with Gasteiger partial charge in [0.2, 0.25) is 0 Å². The molecule has 0 radical (unpaired) electrons. The topological polar surface area (TPSA) is 133 Å². The third-order valence-electron chi connectivity index (χ3n) is 3.70. The minimum Gasteiger partial charge on any atom is -0.450 e. The van der Waals surface area contributed by atoms with Gasteiger partial charge in [-0.1, -0.05) is 20.8 Å². The van der Waals surface area contributed by atoms with E-state index < -0.39 is 35.8 Å². The van der Waals surface area contributed by atoms with E-state index in [2.05, 4.69) is 10.2 Å². The number of rotatable bonds is 10. The van der Waals surface area contributed by atoms with Gasteiger partial charge in [0.25, 0.3) is 0 Å². The predicted octanol–water partition coefficient (Wildman–Crippen LogP) is 3.93. The molecule has 0 aliphatic heterocycles. The lowest BCUT2D eigenvalue weighted by Gasteiger charge is -2.24. The van der Waals surface area contributed by atoms with E-state index in [1.807, 2.05) is 20.8 Å². The zero-order chi connectivity index (χ0) is 18.4. The van der Waals surface area contributed by atoms with Gasteiger partial charge in [0.05, 0.1) is 14.8 Å². The van der Waals surface area contributed by atoms with Gasteiger partial charge in [-0.25, -0.2) is 14.4 Å². The van der Waals surface area contributed by atoms with Crippen LogP contribution in [0.1, 0.15) is 47.5 Å². The molecule has 10 heteroatoms. The van der Waals surface area contributed by atoms with Gasteiger partial charge in [0.15, 0.2) is 0 Å². The van der Waals surface area contributed by atoms with Crippen molar-refractivity contribution in [3.05, 3.63) is 0 Å². The minimum atomic E-state index is -4.57. The molecular weight excluding hydrogens is 342 g/mol. The number of carbonyl (C=O) groups excluding carboxylic acids is 2. The molecule has 132 valence electrons. The fourth-order valence-electron chi connectivity index (χ4n) is 1.48. The van der Waals surface area contributed by atoms with Crippen LogP contribution in [-0.4, -0.2) is 38.3 Å². The largest absolute Gasteiger partial charge is 0.480 e. The molecular formula is C13H25N2O6P2+. The van der Waals surface area contributed by atoms with Crippen molar-refractivity contribution < 1.29 is 29.4 Å². The van der Waals surface area contributed by atoms with Crippen LogP contribution in [0.15, 0.2) is 0 Å². The van der Waals surface area contributed by atoms with Gasteiger partial charge < -0.3 is 10.2 Å². The van der Waals surface area contributed by atoms with Crippen LogP contribution < -0.4 is 10.2 Å². The Morgan fingerprint density at radius 2 is 1.61 bits per heavy atom. The summed E-state index contributed by atoms with van der Waals surface area (Å²) in [5.74, 6) is -0.815. The average molecular weight is 367 g/mol. The van der Waals surface area contributed by atoms with Crippen molar-refractivity contribution in [1.82, 2.24) is 10.2 Å². The van der Waals surface area contributed by atoms with Crippen LogP contribution in [0, 0.1) is 5.92 Å². The number of carboxylic acid groups (broad SMARTS) is 2. The van der Waals surface area contributed by atoms with Gasteiger partial charge in [0.1, 0.15) is 0 Å². The molecule has 0 aromatic carbocycles. The second-order valence-corrected chi connectivity index (χ2v) is 9.50. The quantitative estimate of drug-likeness (QED) is 0.430. The van der Waals surface area contributed by atoms with Gasteiger partial charge in [-0.3, -0.25) is 15.0 Å². The van der Waals surface area contributed by atoms with Gasteiger partial charge >= 0.3 is 29.9 Å². The molecule has 8 nitrogen and oxygen atoms in total. The van der Waals surface area contributed by atoms with E-state index in [1.165, 1.54) is 6.92 Å². The van der Waals surface area contributed by atoms with Crippen LogP contribution in [0.5, 0.6) is 0 Å². The van der Waals surface area contributed by atoms with E-state index in [4.69, 9.17) is 0 Å². The smallest absolute Gasteiger partial charge is 0.450 e. The van der Waals surface area contributed by atoms with Crippen LogP contribution in [0.3, 0.4) is 0 Å². The van der Waals surface area contributed by atoms with Gasteiger partial charge in [-0.2, -0.15) is 0 Å². The van der Waals surface area contributed by atoms with Crippen LogP contribution in [0.2, 0.25) is 0 Å². The second-order valence-electron chi connectivity index (χ2n) is 5.80. The Morgan fingerprint density at radius 1 is 1.13 bits per heavy atom. The Labute approximate surface area is 138 Å². The average Bonchev–Trinajstić information content (AvgIpc) is 2.45. The Hall–Kier alpha value is -1.10. The Bertz CT molecular complexity index is 481. The first-order valence-corrected chi connectivity index (χ1v) is 9.99. The van der Waals surface area contributed by atoms with E-state index in [-0.39, 0.29) is 20.8 Å². The lowest BCUT2D eigenvalue weighted by atomic mass is 10.0. The van der Waals surface area contributed by atoms with Crippen molar-refractivity contribution in [2.45, 2.75) is 53.0 Å². The van der Waals surface area contributed by atoms with E-state index in [0.29, 0.717) is 0 Å². The summed E-state index contributed by atoms with van der Waals surface area (Å²) in [5.41, 5.74) is -6.28. The summed E-state index contributed by atoms with van der Waals surface area (Å²) in [5, 5.41) is 24.0. The number of amides is 1. The molecule has 2 unspecified atom stereocenters. The Kier molecular flexibility index (Phi) is 8.25. The van der Waals surface area contributed by atoms with Crippen molar-refractivity contribution in [3.8, 4) is 0 Å². The Balaban J connectivity index is 5.46. The highest BCUT2D eigenvalue weighted by atomic mass is 31.2. The molecule has 0 heterocycles. The van der Waals surface area contributed by atoms with E-state index in [0.717, 1.165) is 6.42 Å². The summed E-state index contributed by atoms with van der Waals surface area (Å²) in [6, 6.07) is 0.